The van der Waals surface area contributed by atoms with Crippen molar-refractivity contribution in [1.82, 2.24) is 0 Å². The summed E-state index contributed by atoms with van der Waals surface area (Å²) in [7, 11) is 0. The van der Waals surface area contributed by atoms with Crippen LogP contribution in [-0.2, 0) is 9.53 Å². The molecule has 0 aromatic carbocycles. The minimum Gasteiger partial charge on any atom is -0.457 e. The van der Waals surface area contributed by atoms with Gasteiger partial charge in [0.05, 0.1) is 4.91 Å². The first-order valence-corrected chi connectivity index (χ1v) is 2.31. The SMILES string of the molecule is O=C1OCC=C1S. The highest BCUT2D eigenvalue weighted by Gasteiger charge is 2.10. The van der Waals surface area contributed by atoms with Gasteiger partial charge < -0.3 is 4.74 Å². The van der Waals surface area contributed by atoms with Crippen LogP contribution >= 0.6 is 12.6 Å². The van der Waals surface area contributed by atoms with Crippen LogP contribution in [0.3, 0.4) is 0 Å². The van der Waals surface area contributed by atoms with E-state index in [0.717, 1.165) is 0 Å². The molecule has 0 saturated carbocycles. The highest BCUT2D eigenvalue weighted by molar-refractivity contribution is 7.85. The first-order valence-electron chi connectivity index (χ1n) is 1.87. The minimum atomic E-state index is -0.316. The molecule has 0 aliphatic carbocycles. The van der Waals surface area contributed by atoms with Crippen molar-refractivity contribution in [1.29, 1.82) is 0 Å². The molecule has 0 aromatic heterocycles. The molecule has 2 nitrogen and oxygen atoms in total. The molecule has 1 heterocycles. The lowest BCUT2D eigenvalue weighted by molar-refractivity contribution is -0.135. The normalized spacial score (nSPS) is 19.0. The molecule has 0 N–H and O–H groups in total. The maximum atomic E-state index is 10.2. The Kier molecular flexibility index (Phi) is 1.06. The zero-order valence-electron chi connectivity index (χ0n) is 3.55. The minimum absolute atomic E-state index is 0.316. The number of thiol groups is 1. The average Bonchev–Trinajstić information content (AvgIpc) is 1.91. The van der Waals surface area contributed by atoms with E-state index in [0.29, 0.717) is 11.5 Å². The van der Waals surface area contributed by atoms with E-state index in [1.54, 1.807) is 6.08 Å². The summed E-state index contributed by atoms with van der Waals surface area (Å²) in [5, 5.41) is 0. The van der Waals surface area contributed by atoms with E-state index >= 15 is 0 Å². The molecular formula is C4H4O2S. The second-order valence-corrected chi connectivity index (χ2v) is 1.67. The molecule has 1 aliphatic heterocycles. The van der Waals surface area contributed by atoms with Gasteiger partial charge in [0.2, 0.25) is 0 Å². The molecule has 7 heavy (non-hydrogen) atoms. The Hall–Kier alpha value is -0.440. The van der Waals surface area contributed by atoms with Crippen molar-refractivity contribution in [3.05, 3.63) is 11.0 Å². The lowest BCUT2D eigenvalue weighted by Crippen LogP contribution is -1.93. The topological polar surface area (TPSA) is 26.3 Å². The molecule has 0 spiro atoms. The molecule has 0 radical (unpaired) electrons. The third kappa shape index (κ3) is 0.771. The summed E-state index contributed by atoms with van der Waals surface area (Å²) in [5.74, 6) is -0.316. The summed E-state index contributed by atoms with van der Waals surface area (Å²) >= 11 is 3.77. The van der Waals surface area contributed by atoms with Crippen LogP contribution in [0.1, 0.15) is 0 Å². The molecule has 1 rings (SSSR count). The van der Waals surface area contributed by atoms with Crippen LogP contribution in [0.4, 0.5) is 0 Å². The van der Waals surface area contributed by atoms with Crippen molar-refractivity contribution in [2.75, 3.05) is 6.61 Å². The van der Waals surface area contributed by atoms with Gasteiger partial charge in [-0.2, -0.15) is 0 Å². The predicted octanol–water partition coefficient (Wildman–Crippen LogP) is 0.357. The van der Waals surface area contributed by atoms with Gasteiger partial charge in [-0.15, -0.1) is 12.6 Å². The lowest BCUT2D eigenvalue weighted by atomic mass is 10.6. The highest BCUT2D eigenvalue weighted by Crippen LogP contribution is 2.08. The first-order chi connectivity index (χ1) is 3.30. The second kappa shape index (κ2) is 1.58. The number of hydrogen-bond donors (Lipinski definition) is 1. The summed E-state index contributed by atoms with van der Waals surface area (Å²) < 4.78 is 4.46. The van der Waals surface area contributed by atoms with Crippen LogP contribution < -0.4 is 0 Å². The quantitative estimate of drug-likeness (QED) is 0.365. The summed E-state index contributed by atoms with van der Waals surface area (Å²) in [5.41, 5.74) is 0. The van der Waals surface area contributed by atoms with Gasteiger partial charge >= 0.3 is 5.97 Å². The third-order valence-electron chi connectivity index (χ3n) is 0.700. The van der Waals surface area contributed by atoms with Crippen LogP contribution in [0, 0.1) is 0 Å². The molecule has 0 atom stereocenters. The average molecular weight is 116 g/mol. The van der Waals surface area contributed by atoms with Gasteiger partial charge in [-0.3, -0.25) is 0 Å². The molecule has 0 saturated heterocycles. The van der Waals surface area contributed by atoms with E-state index in [9.17, 15) is 4.79 Å². The Morgan fingerprint density at radius 3 is 2.71 bits per heavy atom. The zero-order chi connectivity index (χ0) is 5.28. The first kappa shape index (κ1) is 4.71. The molecule has 0 unspecified atom stereocenters. The van der Waals surface area contributed by atoms with Crippen molar-refractivity contribution in [3.8, 4) is 0 Å². The molecule has 0 amide bonds. The predicted molar refractivity (Wildman–Crippen MR) is 28.0 cm³/mol. The van der Waals surface area contributed by atoms with E-state index in [4.69, 9.17) is 0 Å². The van der Waals surface area contributed by atoms with Gasteiger partial charge in [0.25, 0.3) is 0 Å². The number of esters is 1. The maximum Gasteiger partial charge on any atom is 0.344 e. The van der Waals surface area contributed by atoms with Crippen molar-refractivity contribution in [3.63, 3.8) is 0 Å². The highest BCUT2D eigenvalue weighted by atomic mass is 32.1. The fraction of sp³-hybridized carbons (Fsp3) is 0.250. The van der Waals surface area contributed by atoms with E-state index in [1.807, 2.05) is 0 Å². The summed E-state index contributed by atoms with van der Waals surface area (Å²) in [6.07, 6.45) is 1.63. The molecule has 0 aromatic rings. The molecule has 38 valence electrons. The van der Waals surface area contributed by atoms with Crippen molar-refractivity contribution in [2.24, 2.45) is 0 Å². The van der Waals surface area contributed by atoms with Crippen LogP contribution in [0.15, 0.2) is 11.0 Å². The Bertz CT molecular complexity index is 128. The molecule has 1 aliphatic rings. The smallest absolute Gasteiger partial charge is 0.344 e. The van der Waals surface area contributed by atoms with Gasteiger partial charge in [0.15, 0.2) is 0 Å². The Labute approximate surface area is 46.6 Å². The van der Waals surface area contributed by atoms with Crippen molar-refractivity contribution < 1.29 is 9.53 Å². The van der Waals surface area contributed by atoms with Gasteiger partial charge in [-0.1, -0.05) is 0 Å². The van der Waals surface area contributed by atoms with Crippen molar-refractivity contribution >= 4 is 18.6 Å². The number of carbonyl (C=O) groups is 1. The summed E-state index contributed by atoms with van der Waals surface area (Å²) in [6.45, 7) is 0.387. The van der Waals surface area contributed by atoms with Crippen LogP contribution in [-0.4, -0.2) is 12.6 Å². The van der Waals surface area contributed by atoms with E-state index < -0.39 is 0 Å². The van der Waals surface area contributed by atoms with E-state index in [1.165, 1.54) is 0 Å². The standard InChI is InChI=1S/C4H4O2S/c5-4-3(7)1-2-6-4/h1,7H,2H2. The third-order valence-corrected chi connectivity index (χ3v) is 1.07. The van der Waals surface area contributed by atoms with Gasteiger partial charge in [0, 0.05) is 0 Å². The van der Waals surface area contributed by atoms with Gasteiger partial charge in [-0.05, 0) is 6.08 Å². The summed E-state index contributed by atoms with van der Waals surface area (Å²) in [6, 6.07) is 0. The number of hydrogen-bond acceptors (Lipinski definition) is 3. The maximum absolute atomic E-state index is 10.2. The van der Waals surface area contributed by atoms with E-state index in [-0.39, 0.29) is 5.97 Å². The van der Waals surface area contributed by atoms with Gasteiger partial charge in [0.1, 0.15) is 6.61 Å². The van der Waals surface area contributed by atoms with Crippen LogP contribution in [0.25, 0.3) is 0 Å². The number of cyclic esters (lactones) is 1. The number of ether oxygens (including phenoxy) is 1. The monoisotopic (exact) mass is 116 g/mol. The fourth-order valence-corrected chi connectivity index (χ4v) is 0.493. The van der Waals surface area contributed by atoms with Crippen LogP contribution in [0.5, 0.6) is 0 Å². The molecule has 0 fully saturated rings. The van der Waals surface area contributed by atoms with Crippen LogP contribution in [0.2, 0.25) is 0 Å². The fourth-order valence-electron chi connectivity index (χ4n) is 0.354. The molecular weight excluding hydrogens is 112 g/mol. The molecule has 3 heteroatoms. The zero-order valence-corrected chi connectivity index (χ0v) is 4.44. The largest absolute Gasteiger partial charge is 0.457 e. The summed E-state index contributed by atoms with van der Waals surface area (Å²) in [4.78, 5) is 10.6. The Morgan fingerprint density at radius 1 is 1.86 bits per heavy atom. The Balaban J connectivity index is 2.72. The Morgan fingerprint density at radius 2 is 2.57 bits per heavy atom. The second-order valence-electron chi connectivity index (χ2n) is 1.19. The van der Waals surface area contributed by atoms with Gasteiger partial charge in [-0.25, -0.2) is 4.79 Å². The number of rotatable bonds is 0. The van der Waals surface area contributed by atoms with E-state index in [2.05, 4.69) is 17.4 Å². The van der Waals surface area contributed by atoms with Crippen molar-refractivity contribution in [2.45, 2.75) is 0 Å². The number of carbonyl (C=O) groups excluding carboxylic acids is 1. The lowest BCUT2D eigenvalue weighted by Gasteiger charge is -1.85. The molecule has 0 bridgehead atoms.